The van der Waals surface area contributed by atoms with Gasteiger partial charge in [0.2, 0.25) is 15.9 Å². The maximum atomic E-state index is 13.1. The van der Waals surface area contributed by atoms with Crippen LogP contribution in [0.2, 0.25) is 0 Å². The highest BCUT2D eigenvalue weighted by Crippen LogP contribution is 2.29. The average Bonchev–Trinajstić information content (AvgIpc) is 3.50. The lowest BCUT2D eigenvalue weighted by atomic mass is 9.96. The minimum Gasteiger partial charge on any atom is -0.469 e. The maximum absolute atomic E-state index is 13.1. The molecule has 1 N–H and O–H groups in total. The summed E-state index contributed by atoms with van der Waals surface area (Å²) in [5, 5.41) is 4.87. The Morgan fingerprint density at radius 2 is 1.94 bits per heavy atom. The van der Waals surface area contributed by atoms with Crippen LogP contribution < -0.4 is 5.32 Å². The third-order valence-electron chi connectivity index (χ3n) is 6.33. The molecule has 1 aliphatic heterocycles. The lowest BCUT2D eigenvalue weighted by molar-refractivity contribution is -0.141. The summed E-state index contributed by atoms with van der Waals surface area (Å²) in [5.41, 5.74) is 2.37. The molecule has 2 aromatic rings. The number of rotatable bonds is 7. The Balaban J connectivity index is 1.38. The van der Waals surface area contributed by atoms with E-state index < -0.39 is 16.1 Å². The van der Waals surface area contributed by atoms with Gasteiger partial charge in [-0.3, -0.25) is 9.59 Å². The lowest BCUT2D eigenvalue weighted by Crippen LogP contribution is -2.43. The zero-order chi connectivity index (χ0) is 22.7. The second-order valence-corrected chi connectivity index (χ2v) is 11.2. The first-order chi connectivity index (χ1) is 15.4. The predicted octanol–water partition coefficient (Wildman–Crippen LogP) is 3.06. The third kappa shape index (κ3) is 4.89. The van der Waals surface area contributed by atoms with E-state index in [1.807, 2.05) is 29.6 Å². The molecule has 1 amide bonds. The predicted molar refractivity (Wildman–Crippen MR) is 122 cm³/mol. The SMILES string of the molecule is COC(=O)CC(NC(=O)C1CCN(S(=O)(=O)c2ccc3c(c2)CCC3)CC1)c1cccs1. The van der Waals surface area contributed by atoms with Crippen LogP contribution in [-0.4, -0.2) is 44.8 Å². The van der Waals surface area contributed by atoms with E-state index in [1.54, 1.807) is 6.07 Å². The van der Waals surface area contributed by atoms with E-state index >= 15 is 0 Å². The minimum absolute atomic E-state index is 0.0638. The minimum atomic E-state index is -3.57. The van der Waals surface area contributed by atoms with Crippen molar-refractivity contribution in [1.82, 2.24) is 9.62 Å². The van der Waals surface area contributed by atoms with Gasteiger partial charge in [0.25, 0.3) is 0 Å². The van der Waals surface area contributed by atoms with Crippen LogP contribution in [0.4, 0.5) is 0 Å². The van der Waals surface area contributed by atoms with Crippen molar-refractivity contribution in [3.63, 3.8) is 0 Å². The standard InChI is InChI=1S/C23H28N2O5S2/c1-30-22(26)15-20(21-6-3-13-31-21)24-23(27)17-9-11-25(12-10-17)32(28,29)19-8-7-16-4-2-5-18(16)14-19/h3,6-8,13-14,17,20H,2,4-5,9-12,15H2,1H3,(H,24,27). The Labute approximate surface area is 192 Å². The second kappa shape index (κ2) is 9.72. The summed E-state index contributed by atoms with van der Waals surface area (Å²) in [6.07, 6.45) is 3.98. The highest BCUT2D eigenvalue weighted by molar-refractivity contribution is 7.89. The molecule has 2 heterocycles. The Hall–Kier alpha value is -2.23. The van der Waals surface area contributed by atoms with Crippen LogP contribution in [0, 0.1) is 5.92 Å². The number of sulfonamides is 1. The first-order valence-corrected chi connectivity index (χ1v) is 13.2. The van der Waals surface area contributed by atoms with Crippen molar-refractivity contribution in [2.24, 2.45) is 5.92 Å². The van der Waals surface area contributed by atoms with E-state index in [9.17, 15) is 18.0 Å². The Kier molecular flexibility index (Phi) is 6.97. The van der Waals surface area contributed by atoms with Gasteiger partial charge >= 0.3 is 5.97 Å². The molecule has 32 heavy (non-hydrogen) atoms. The molecular formula is C23H28N2O5S2. The molecule has 0 radical (unpaired) electrons. The number of fused-ring (bicyclic) bond motifs is 1. The first kappa shape index (κ1) is 22.9. The fourth-order valence-corrected chi connectivity index (χ4v) is 6.77. The van der Waals surface area contributed by atoms with Crippen LogP contribution in [0.3, 0.4) is 0 Å². The van der Waals surface area contributed by atoms with Gasteiger partial charge in [-0.1, -0.05) is 12.1 Å². The summed E-state index contributed by atoms with van der Waals surface area (Å²) in [7, 11) is -2.24. The third-order valence-corrected chi connectivity index (χ3v) is 9.21. The number of amides is 1. The van der Waals surface area contributed by atoms with Crippen LogP contribution >= 0.6 is 11.3 Å². The van der Waals surface area contributed by atoms with Crippen molar-refractivity contribution >= 4 is 33.2 Å². The lowest BCUT2D eigenvalue weighted by Gasteiger charge is -2.31. The van der Waals surface area contributed by atoms with E-state index in [1.165, 1.54) is 28.3 Å². The number of hydrogen-bond acceptors (Lipinski definition) is 6. The van der Waals surface area contributed by atoms with E-state index in [-0.39, 0.29) is 24.2 Å². The highest BCUT2D eigenvalue weighted by atomic mass is 32.2. The Morgan fingerprint density at radius 3 is 2.62 bits per heavy atom. The van der Waals surface area contributed by atoms with Gasteiger partial charge in [0.1, 0.15) is 0 Å². The number of hydrogen-bond donors (Lipinski definition) is 1. The first-order valence-electron chi connectivity index (χ1n) is 10.9. The number of esters is 1. The zero-order valence-corrected chi connectivity index (χ0v) is 19.7. The van der Waals surface area contributed by atoms with Gasteiger partial charge in [0.05, 0.1) is 24.5 Å². The molecule has 7 nitrogen and oxygen atoms in total. The number of carbonyl (C=O) groups is 2. The van der Waals surface area contributed by atoms with E-state index in [0.717, 1.165) is 29.7 Å². The molecule has 2 aliphatic rings. The van der Waals surface area contributed by atoms with E-state index in [0.29, 0.717) is 30.8 Å². The van der Waals surface area contributed by atoms with Crippen molar-refractivity contribution in [3.05, 3.63) is 51.7 Å². The summed E-state index contributed by atoms with van der Waals surface area (Å²) in [6, 6.07) is 8.76. The summed E-state index contributed by atoms with van der Waals surface area (Å²) in [6.45, 7) is 0.607. The molecule has 0 bridgehead atoms. The smallest absolute Gasteiger partial charge is 0.307 e. The molecule has 0 spiro atoms. The van der Waals surface area contributed by atoms with E-state index in [2.05, 4.69) is 5.32 Å². The highest BCUT2D eigenvalue weighted by Gasteiger charge is 2.33. The van der Waals surface area contributed by atoms with Crippen molar-refractivity contribution < 1.29 is 22.7 Å². The van der Waals surface area contributed by atoms with Gasteiger partial charge in [-0.05, 0) is 66.8 Å². The van der Waals surface area contributed by atoms with Gasteiger partial charge in [0, 0.05) is 23.9 Å². The molecule has 0 saturated carbocycles. The van der Waals surface area contributed by atoms with E-state index in [4.69, 9.17) is 4.74 Å². The van der Waals surface area contributed by atoms with Crippen molar-refractivity contribution in [2.45, 2.75) is 49.5 Å². The summed E-state index contributed by atoms with van der Waals surface area (Å²) < 4.78 is 32.5. The monoisotopic (exact) mass is 476 g/mol. The summed E-state index contributed by atoms with van der Waals surface area (Å²) in [4.78, 5) is 25.9. The average molecular weight is 477 g/mol. The number of benzene rings is 1. The van der Waals surface area contributed by atoms with Crippen molar-refractivity contribution in [2.75, 3.05) is 20.2 Å². The summed E-state index contributed by atoms with van der Waals surface area (Å²) in [5.74, 6) is -0.831. The van der Waals surface area contributed by atoms with Crippen LogP contribution in [0.15, 0.2) is 40.6 Å². The topological polar surface area (TPSA) is 92.8 Å². The molecule has 1 aromatic carbocycles. The Bertz CT molecular complexity index is 1070. The molecule has 1 atom stereocenters. The molecule has 4 rings (SSSR count). The molecular weight excluding hydrogens is 448 g/mol. The maximum Gasteiger partial charge on any atom is 0.307 e. The normalized spacial score (nSPS) is 18.2. The largest absolute Gasteiger partial charge is 0.469 e. The fourth-order valence-electron chi connectivity index (χ4n) is 4.47. The number of aryl methyl sites for hydroxylation is 2. The van der Waals surface area contributed by atoms with Crippen LogP contribution in [0.25, 0.3) is 0 Å². The summed E-state index contributed by atoms with van der Waals surface area (Å²) >= 11 is 1.47. The van der Waals surface area contributed by atoms with Gasteiger partial charge in [-0.25, -0.2) is 8.42 Å². The van der Waals surface area contributed by atoms with Gasteiger partial charge in [-0.15, -0.1) is 11.3 Å². The molecule has 9 heteroatoms. The number of carbonyl (C=O) groups excluding carboxylic acids is 2. The van der Waals surface area contributed by atoms with Gasteiger partial charge in [-0.2, -0.15) is 4.31 Å². The zero-order valence-electron chi connectivity index (χ0n) is 18.1. The van der Waals surface area contributed by atoms with Gasteiger partial charge < -0.3 is 10.1 Å². The fraction of sp³-hybridized carbons (Fsp3) is 0.478. The van der Waals surface area contributed by atoms with Gasteiger partial charge in [0.15, 0.2) is 0 Å². The molecule has 1 unspecified atom stereocenters. The number of ether oxygens (including phenoxy) is 1. The Morgan fingerprint density at radius 1 is 1.19 bits per heavy atom. The molecule has 172 valence electrons. The molecule has 1 fully saturated rings. The molecule has 1 aromatic heterocycles. The number of thiophene rings is 1. The molecule has 1 aliphatic carbocycles. The van der Waals surface area contributed by atoms with Crippen LogP contribution in [0.1, 0.15) is 47.7 Å². The quantitative estimate of drug-likeness (QED) is 0.620. The van der Waals surface area contributed by atoms with Crippen LogP contribution in [0.5, 0.6) is 0 Å². The number of methoxy groups -OCH3 is 1. The second-order valence-electron chi connectivity index (χ2n) is 8.32. The number of piperidine rings is 1. The van der Waals surface area contributed by atoms with Crippen LogP contribution in [-0.2, 0) is 37.2 Å². The van der Waals surface area contributed by atoms with Crippen molar-refractivity contribution in [1.29, 1.82) is 0 Å². The number of nitrogens with one attached hydrogen (secondary N) is 1. The number of nitrogens with zero attached hydrogens (tertiary/aromatic N) is 1. The molecule has 1 saturated heterocycles. The van der Waals surface area contributed by atoms with Crippen molar-refractivity contribution in [3.8, 4) is 0 Å².